The highest BCUT2D eigenvalue weighted by atomic mass is 35.5. The highest BCUT2D eigenvalue weighted by molar-refractivity contribution is 6.34. The molecule has 50 heavy (non-hydrogen) atoms. The molecule has 5 atom stereocenters. The number of imidazole rings is 1. The normalized spacial score (nSPS) is 23.8. The number of carbonyl (C=O) groups is 3. The average molecular weight is 714 g/mol. The third kappa shape index (κ3) is 6.09. The number of alkyl halides is 3. The molecule has 3 amide bonds. The van der Waals surface area contributed by atoms with Crippen LogP contribution in [0.15, 0.2) is 49.1 Å². The van der Waals surface area contributed by atoms with E-state index in [1.807, 2.05) is 19.0 Å². The molecule has 7 rings (SSSR count). The predicted molar refractivity (Wildman–Crippen MR) is 172 cm³/mol. The molecule has 3 N–H and O–H groups in total. The molecule has 0 spiro atoms. The lowest BCUT2D eigenvalue weighted by Gasteiger charge is -2.33. The molecule has 1 aliphatic carbocycles. The zero-order chi connectivity index (χ0) is 35.7. The summed E-state index contributed by atoms with van der Waals surface area (Å²) in [5, 5.41) is 19.4. The third-order valence-corrected chi connectivity index (χ3v) is 10.1. The van der Waals surface area contributed by atoms with E-state index < -0.39 is 29.8 Å². The van der Waals surface area contributed by atoms with Gasteiger partial charge in [0.2, 0.25) is 5.95 Å². The molecule has 18 heteroatoms. The number of halogens is 4. The fraction of sp³-hybridized carbons (Fsp3) is 0.406. The molecule has 0 radical (unpaired) electrons. The summed E-state index contributed by atoms with van der Waals surface area (Å²) >= 11 is 6.45. The van der Waals surface area contributed by atoms with Gasteiger partial charge in [-0.1, -0.05) is 11.6 Å². The summed E-state index contributed by atoms with van der Waals surface area (Å²) in [5.41, 5.74) is -1.11. The van der Waals surface area contributed by atoms with Crippen molar-refractivity contribution in [1.29, 1.82) is 0 Å². The van der Waals surface area contributed by atoms with Gasteiger partial charge < -0.3 is 29.7 Å². The maximum Gasteiger partial charge on any atom is 0.435 e. The minimum atomic E-state index is -4.82. The minimum absolute atomic E-state index is 0.0209. The van der Waals surface area contributed by atoms with Crippen molar-refractivity contribution in [2.45, 2.75) is 30.8 Å². The van der Waals surface area contributed by atoms with Crippen LogP contribution in [0.5, 0.6) is 0 Å². The summed E-state index contributed by atoms with van der Waals surface area (Å²) in [4.78, 5) is 53.2. The van der Waals surface area contributed by atoms with E-state index in [1.54, 1.807) is 0 Å². The van der Waals surface area contributed by atoms with Gasteiger partial charge in [0.25, 0.3) is 17.7 Å². The number of likely N-dealkylation sites (N-methyl/N-ethyl adjacent to an activating group) is 1. The lowest BCUT2D eigenvalue weighted by molar-refractivity contribution is -0.894. The van der Waals surface area contributed by atoms with Gasteiger partial charge in [0.1, 0.15) is 12.6 Å². The summed E-state index contributed by atoms with van der Waals surface area (Å²) < 4.78 is 44.4. The van der Waals surface area contributed by atoms with Crippen molar-refractivity contribution in [3.05, 3.63) is 71.2 Å². The molecule has 1 unspecified atom stereocenters. The smallest absolute Gasteiger partial charge is 0.387 e. The van der Waals surface area contributed by atoms with Crippen molar-refractivity contribution in [3.63, 3.8) is 0 Å². The van der Waals surface area contributed by atoms with Crippen LogP contribution in [0.1, 0.15) is 33.1 Å². The van der Waals surface area contributed by atoms with Crippen LogP contribution in [-0.2, 0) is 18.0 Å². The van der Waals surface area contributed by atoms with Gasteiger partial charge in [0.05, 0.1) is 42.1 Å². The molecule has 14 nitrogen and oxygen atoms in total. The lowest BCUT2D eigenvalue weighted by atomic mass is 10.1. The molecule has 2 aliphatic heterocycles. The van der Waals surface area contributed by atoms with E-state index in [2.05, 4.69) is 30.7 Å². The standard InChI is InChI=1S/C32H32ClF3N10O4/c1-43-23(21-14-45(31-37-7-4-8-38-31)42-26(21)32(34,35)36)11-39-27(43)29(49)40-16-5-6-18(22(33)9-16)28(48)41-25-19-12-44(13-20(19)25)30(50)24-10-17(47)15-46(24,2)3/h4-9,11,14,17,19-20,24-25,47H,10,12-13,15H2,1-3H3,(H-,40,41,48,49)/p+1/t17-,19-,20+,24+,25?/m0/s1. The number of likely N-dealkylation sites (tertiary alicyclic amines) is 2. The number of anilines is 1. The number of hydrogen-bond donors (Lipinski definition) is 3. The number of aromatic nitrogens is 6. The number of carbonyl (C=O) groups excluding carboxylic acids is 3. The second kappa shape index (κ2) is 12.2. The molecule has 262 valence electrons. The van der Waals surface area contributed by atoms with Gasteiger partial charge >= 0.3 is 6.18 Å². The van der Waals surface area contributed by atoms with Crippen LogP contribution in [-0.4, -0.2) is 113 Å². The van der Waals surface area contributed by atoms with Gasteiger partial charge in [0.15, 0.2) is 17.6 Å². The molecule has 1 saturated carbocycles. The van der Waals surface area contributed by atoms with Gasteiger partial charge in [-0.05, 0) is 24.3 Å². The van der Waals surface area contributed by atoms with Crippen LogP contribution in [0.2, 0.25) is 5.02 Å². The Morgan fingerprint density at radius 1 is 1.06 bits per heavy atom. The maximum absolute atomic E-state index is 14.0. The number of nitrogens with zero attached hydrogens (tertiary/aromatic N) is 8. The number of amides is 3. The van der Waals surface area contributed by atoms with Gasteiger partial charge in [-0.15, -0.1) is 0 Å². The highest BCUT2D eigenvalue weighted by Gasteiger charge is 2.59. The lowest BCUT2D eigenvalue weighted by Crippen LogP contribution is -2.53. The minimum Gasteiger partial charge on any atom is -0.387 e. The van der Waals surface area contributed by atoms with Crippen LogP contribution >= 0.6 is 11.6 Å². The molecule has 5 heterocycles. The molecule has 3 aromatic heterocycles. The Bertz CT molecular complexity index is 1990. The van der Waals surface area contributed by atoms with Crippen LogP contribution in [0.4, 0.5) is 18.9 Å². The summed E-state index contributed by atoms with van der Waals surface area (Å²) in [6.45, 7) is 1.61. The quantitative estimate of drug-likeness (QED) is 0.246. The fourth-order valence-electron chi connectivity index (χ4n) is 7.17. The molecular weight excluding hydrogens is 681 g/mol. The maximum atomic E-state index is 14.0. The third-order valence-electron chi connectivity index (χ3n) is 9.79. The van der Waals surface area contributed by atoms with Crippen molar-refractivity contribution in [2.75, 3.05) is 39.0 Å². The Morgan fingerprint density at radius 2 is 1.76 bits per heavy atom. The van der Waals surface area contributed by atoms with Gasteiger partial charge in [-0.3, -0.25) is 14.4 Å². The van der Waals surface area contributed by atoms with Gasteiger partial charge in [-0.2, -0.15) is 18.3 Å². The predicted octanol–water partition coefficient (Wildman–Crippen LogP) is 2.38. The van der Waals surface area contributed by atoms with E-state index >= 15 is 0 Å². The van der Waals surface area contributed by atoms with E-state index in [0.717, 1.165) is 17.1 Å². The summed E-state index contributed by atoms with van der Waals surface area (Å²) in [5.74, 6) is -1.06. The highest BCUT2D eigenvalue weighted by Crippen LogP contribution is 2.46. The number of quaternary nitrogens is 1. The van der Waals surface area contributed by atoms with Gasteiger partial charge in [-0.25, -0.2) is 19.6 Å². The van der Waals surface area contributed by atoms with Crippen molar-refractivity contribution in [2.24, 2.45) is 18.9 Å². The SMILES string of the molecule is Cn1c(-c2cn(-c3ncccn3)nc2C(F)(F)F)cnc1C(=O)Nc1ccc(C(=O)NC2[C@H]3CN(C(=O)[C@H]4C[C@H](O)C[N+]4(C)C)C[C@@H]23)c(Cl)c1. The number of aliphatic hydroxyl groups is 1. The Balaban J connectivity index is 0.987. The number of rotatable bonds is 7. The second-order valence-electron chi connectivity index (χ2n) is 13.5. The first-order valence-corrected chi connectivity index (χ1v) is 16.2. The zero-order valence-corrected chi connectivity index (χ0v) is 27.9. The van der Waals surface area contributed by atoms with Gasteiger partial charge in [0, 0.05) is 68.7 Å². The molecule has 3 aliphatic rings. The molecular formula is C32H33ClF3N10O4+. The number of aliphatic hydroxyl groups excluding tert-OH is 1. The number of piperidine rings is 1. The Morgan fingerprint density at radius 3 is 2.38 bits per heavy atom. The Labute approximate surface area is 288 Å². The second-order valence-corrected chi connectivity index (χ2v) is 13.9. The number of hydrogen-bond acceptors (Lipinski definition) is 8. The number of benzene rings is 1. The van der Waals surface area contributed by atoms with Crippen LogP contribution in [0, 0.1) is 11.8 Å². The van der Waals surface area contributed by atoms with Crippen molar-refractivity contribution < 1.29 is 37.1 Å². The molecule has 3 fully saturated rings. The number of nitrogens with one attached hydrogen (secondary N) is 2. The van der Waals surface area contributed by atoms with Crippen molar-refractivity contribution >= 4 is 35.0 Å². The Kier molecular flexibility index (Phi) is 8.18. The van der Waals surface area contributed by atoms with E-state index in [1.165, 1.54) is 48.3 Å². The van der Waals surface area contributed by atoms with Crippen molar-refractivity contribution in [1.82, 2.24) is 39.5 Å². The van der Waals surface area contributed by atoms with E-state index in [0.29, 0.717) is 30.5 Å². The van der Waals surface area contributed by atoms with E-state index in [9.17, 15) is 32.7 Å². The average Bonchev–Trinajstić information content (AvgIpc) is 3.57. The molecule has 2 saturated heterocycles. The van der Waals surface area contributed by atoms with Crippen molar-refractivity contribution in [3.8, 4) is 17.2 Å². The summed E-state index contributed by atoms with van der Waals surface area (Å²) in [6, 6.07) is 5.48. The monoisotopic (exact) mass is 713 g/mol. The topological polar surface area (TPSA) is 160 Å². The van der Waals surface area contributed by atoms with E-state index in [4.69, 9.17) is 11.6 Å². The molecule has 1 aromatic carbocycles. The van der Waals surface area contributed by atoms with E-state index in [-0.39, 0.29) is 69.1 Å². The summed E-state index contributed by atoms with van der Waals surface area (Å²) in [6.07, 6.45) is 0.124. The first kappa shape index (κ1) is 33.6. The first-order chi connectivity index (χ1) is 23.6. The molecule has 4 aromatic rings. The van der Waals surface area contributed by atoms with Crippen LogP contribution in [0.3, 0.4) is 0 Å². The molecule has 0 bridgehead atoms. The first-order valence-electron chi connectivity index (χ1n) is 15.8. The largest absolute Gasteiger partial charge is 0.435 e. The Hall–Kier alpha value is -4.87. The summed E-state index contributed by atoms with van der Waals surface area (Å²) in [7, 11) is 5.30. The van der Waals surface area contributed by atoms with Crippen LogP contribution < -0.4 is 10.6 Å². The number of fused-ring (bicyclic) bond motifs is 1. The zero-order valence-electron chi connectivity index (χ0n) is 27.1. The fourth-order valence-corrected chi connectivity index (χ4v) is 7.43. The van der Waals surface area contributed by atoms with Crippen LogP contribution in [0.25, 0.3) is 17.2 Å².